The summed E-state index contributed by atoms with van der Waals surface area (Å²) >= 11 is 0. The van der Waals surface area contributed by atoms with Crippen molar-refractivity contribution in [3.63, 3.8) is 0 Å². The van der Waals surface area contributed by atoms with Gasteiger partial charge in [0.25, 0.3) is 0 Å². The normalized spacial score (nSPS) is 19.2. The van der Waals surface area contributed by atoms with Crippen molar-refractivity contribution in [1.29, 1.82) is 0 Å². The zero-order chi connectivity index (χ0) is 15.3. The molecule has 1 aliphatic heterocycles. The van der Waals surface area contributed by atoms with E-state index in [1.54, 1.807) is 6.07 Å². The van der Waals surface area contributed by atoms with Crippen LogP contribution in [0.25, 0.3) is 0 Å². The van der Waals surface area contributed by atoms with E-state index in [1.807, 2.05) is 6.07 Å². The van der Waals surface area contributed by atoms with Crippen LogP contribution in [0.4, 0.5) is 13.2 Å². The zero-order valence-electron chi connectivity index (χ0n) is 12.1. The summed E-state index contributed by atoms with van der Waals surface area (Å²) in [5.41, 5.74) is 0.845. The standard InChI is InChI=1S/C15H21F3N2O/c1-2-8-20(13-6-7-19-10-13)11-12-4-3-5-14(9-12)21-15(16,17)18/h3-5,9,13,19H,2,6-8,10-11H2,1H3. The number of rotatable bonds is 6. The molecule has 0 amide bonds. The van der Waals surface area contributed by atoms with Crippen LogP contribution in [0.3, 0.4) is 0 Å². The van der Waals surface area contributed by atoms with Crippen molar-refractivity contribution >= 4 is 0 Å². The molecule has 0 aliphatic carbocycles. The number of hydrogen-bond acceptors (Lipinski definition) is 3. The minimum Gasteiger partial charge on any atom is -0.406 e. The van der Waals surface area contributed by atoms with E-state index >= 15 is 0 Å². The van der Waals surface area contributed by atoms with Crippen LogP contribution in [-0.2, 0) is 6.54 Å². The van der Waals surface area contributed by atoms with Crippen LogP contribution in [0.15, 0.2) is 24.3 Å². The Kier molecular flexibility index (Phi) is 5.47. The van der Waals surface area contributed by atoms with Gasteiger partial charge >= 0.3 is 6.36 Å². The number of halogens is 3. The lowest BCUT2D eigenvalue weighted by Crippen LogP contribution is -2.36. The highest BCUT2D eigenvalue weighted by Gasteiger charge is 2.31. The Morgan fingerprint density at radius 2 is 2.19 bits per heavy atom. The van der Waals surface area contributed by atoms with Gasteiger partial charge in [-0.2, -0.15) is 0 Å². The minimum atomic E-state index is -4.64. The average Bonchev–Trinajstić information content (AvgIpc) is 2.90. The Balaban J connectivity index is 2.04. The first-order valence-corrected chi connectivity index (χ1v) is 7.27. The smallest absolute Gasteiger partial charge is 0.406 e. The maximum absolute atomic E-state index is 12.3. The van der Waals surface area contributed by atoms with Gasteiger partial charge in [-0.05, 0) is 43.6 Å². The number of benzene rings is 1. The van der Waals surface area contributed by atoms with Gasteiger partial charge in [0, 0.05) is 19.1 Å². The van der Waals surface area contributed by atoms with Crippen molar-refractivity contribution < 1.29 is 17.9 Å². The van der Waals surface area contributed by atoms with Gasteiger partial charge in [0.2, 0.25) is 0 Å². The third-order valence-corrected chi connectivity index (χ3v) is 3.58. The van der Waals surface area contributed by atoms with Crippen molar-refractivity contribution in [3.8, 4) is 5.75 Å². The Hall–Kier alpha value is -1.27. The largest absolute Gasteiger partial charge is 0.573 e. The molecule has 1 N–H and O–H groups in total. The molecule has 0 bridgehead atoms. The molecule has 1 aromatic carbocycles. The van der Waals surface area contributed by atoms with E-state index in [2.05, 4.69) is 21.9 Å². The van der Waals surface area contributed by atoms with Gasteiger partial charge in [-0.1, -0.05) is 19.1 Å². The fourth-order valence-electron chi connectivity index (χ4n) is 2.70. The van der Waals surface area contributed by atoms with Gasteiger partial charge in [-0.15, -0.1) is 13.2 Å². The van der Waals surface area contributed by atoms with Gasteiger partial charge in [0.1, 0.15) is 5.75 Å². The van der Waals surface area contributed by atoms with Gasteiger partial charge in [0.15, 0.2) is 0 Å². The fourth-order valence-corrected chi connectivity index (χ4v) is 2.70. The van der Waals surface area contributed by atoms with Gasteiger partial charge < -0.3 is 10.1 Å². The number of alkyl halides is 3. The highest BCUT2D eigenvalue weighted by Crippen LogP contribution is 2.24. The summed E-state index contributed by atoms with van der Waals surface area (Å²) < 4.78 is 40.8. The molecule has 1 aromatic rings. The Labute approximate surface area is 123 Å². The highest BCUT2D eigenvalue weighted by atomic mass is 19.4. The molecular formula is C15H21F3N2O. The molecule has 1 unspecified atom stereocenters. The zero-order valence-corrected chi connectivity index (χ0v) is 12.1. The van der Waals surface area contributed by atoms with E-state index < -0.39 is 6.36 Å². The first-order chi connectivity index (χ1) is 9.98. The summed E-state index contributed by atoms with van der Waals surface area (Å²) in [6.45, 7) is 5.64. The molecule has 1 saturated heterocycles. The average molecular weight is 302 g/mol. The summed E-state index contributed by atoms with van der Waals surface area (Å²) in [4.78, 5) is 2.33. The van der Waals surface area contributed by atoms with Crippen LogP contribution >= 0.6 is 0 Å². The highest BCUT2D eigenvalue weighted by molar-refractivity contribution is 5.28. The van der Waals surface area contributed by atoms with Crippen LogP contribution < -0.4 is 10.1 Å². The van der Waals surface area contributed by atoms with E-state index in [-0.39, 0.29) is 5.75 Å². The number of hydrogen-bond donors (Lipinski definition) is 1. The molecule has 0 radical (unpaired) electrons. The molecule has 0 aromatic heterocycles. The van der Waals surface area contributed by atoms with Crippen LogP contribution in [0.2, 0.25) is 0 Å². The van der Waals surface area contributed by atoms with E-state index in [0.717, 1.165) is 38.0 Å². The maximum Gasteiger partial charge on any atom is 0.573 e. The second kappa shape index (κ2) is 7.13. The molecule has 6 heteroatoms. The summed E-state index contributed by atoms with van der Waals surface area (Å²) in [6, 6.07) is 6.70. The lowest BCUT2D eigenvalue weighted by atomic mass is 10.1. The summed E-state index contributed by atoms with van der Waals surface area (Å²) in [5, 5.41) is 3.32. The van der Waals surface area contributed by atoms with Crippen LogP contribution in [0, 0.1) is 0 Å². The topological polar surface area (TPSA) is 24.5 Å². The minimum absolute atomic E-state index is 0.152. The molecule has 3 nitrogen and oxygen atoms in total. The van der Waals surface area contributed by atoms with Gasteiger partial charge in [0.05, 0.1) is 0 Å². The quantitative estimate of drug-likeness (QED) is 0.873. The Morgan fingerprint density at radius 1 is 1.38 bits per heavy atom. The lowest BCUT2D eigenvalue weighted by molar-refractivity contribution is -0.274. The summed E-state index contributed by atoms with van der Waals surface area (Å²) in [7, 11) is 0. The number of nitrogens with one attached hydrogen (secondary N) is 1. The molecule has 0 saturated carbocycles. The lowest BCUT2D eigenvalue weighted by Gasteiger charge is -2.28. The molecule has 2 rings (SSSR count). The second-order valence-electron chi connectivity index (χ2n) is 5.31. The molecule has 1 fully saturated rings. The fraction of sp³-hybridized carbons (Fsp3) is 0.600. The molecule has 0 spiro atoms. The van der Waals surface area contributed by atoms with Gasteiger partial charge in [-0.3, -0.25) is 4.90 Å². The number of ether oxygens (including phenoxy) is 1. The monoisotopic (exact) mass is 302 g/mol. The van der Waals surface area contributed by atoms with Crippen molar-refractivity contribution in [3.05, 3.63) is 29.8 Å². The maximum atomic E-state index is 12.3. The first-order valence-electron chi connectivity index (χ1n) is 7.27. The van der Waals surface area contributed by atoms with Crippen molar-refractivity contribution in [2.75, 3.05) is 19.6 Å². The third kappa shape index (κ3) is 5.21. The predicted molar refractivity (Wildman–Crippen MR) is 75.1 cm³/mol. The van der Waals surface area contributed by atoms with E-state index in [1.165, 1.54) is 12.1 Å². The molecule has 21 heavy (non-hydrogen) atoms. The summed E-state index contributed by atoms with van der Waals surface area (Å²) in [5.74, 6) is -0.152. The van der Waals surface area contributed by atoms with E-state index in [9.17, 15) is 13.2 Å². The van der Waals surface area contributed by atoms with E-state index in [0.29, 0.717) is 12.6 Å². The third-order valence-electron chi connectivity index (χ3n) is 3.58. The Bertz CT molecular complexity index is 445. The predicted octanol–water partition coefficient (Wildman–Crippen LogP) is 3.16. The van der Waals surface area contributed by atoms with Crippen LogP contribution in [0.1, 0.15) is 25.3 Å². The molecule has 1 aliphatic rings. The second-order valence-corrected chi connectivity index (χ2v) is 5.31. The Morgan fingerprint density at radius 3 is 2.81 bits per heavy atom. The molecule has 118 valence electrons. The van der Waals surface area contributed by atoms with Crippen molar-refractivity contribution in [2.45, 2.75) is 38.7 Å². The molecule has 1 atom stereocenters. The van der Waals surface area contributed by atoms with Gasteiger partial charge in [-0.25, -0.2) is 0 Å². The van der Waals surface area contributed by atoms with Crippen LogP contribution in [0.5, 0.6) is 5.75 Å². The molecular weight excluding hydrogens is 281 g/mol. The van der Waals surface area contributed by atoms with Crippen LogP contribution in [-0.4, -0.2) is 36.9 Å². The van der Waals surface area contributed by atoms with Crippen molar-refractivity contribution in [1.82, 2.24) is 10.2 Å². The summed E-state index contributed by atoms with van der Waals surface area (Å²) in [6.07, 6.45) is -2.54. The first kappa shape index (κ1) is 16.1. The van der Waals surface area contributed by atoms with E-state index in [4.69, 9.17) is 0 Å². The molecule has 1 heterocycles. The van der Waals surface area contributed by atoms with Crippen molar-refractivity contribution in [2.24, 2.45) is 0 Å². The number of nitrogens with zero attached hydrogens (tertiary/aromatic N) is 1. The SMILES string of the molecule is CCCN(Cc1cccc(OC(F)(F)F)c1)C1CCNC1.